The molecule has 1 aromatic rings. The number of methoxy groups -OCH3 is 2. The lowest BCUT2D eigenvalue weighted by Gasteiger charge is -2.19. The van der Waals surface area contributed by atoms with Crippen molar-refractivity contribution in [1.82, 2.24) is 0 Å². The normalized spacial score (nSPS) is 14.0. The van der Waals surface area contributed by atoms with E-state index in [1.807, 2.05) is 0 Å². The molecule has 5 heteroatoms. The lowest BCUT2D eigenvalue weighted by atomic mass is 9.92. The Morgan fingerprint density at radius 1 is 0.952 bits per heavy atom. The summed E-state index contributed by atoms with van der Waals surface area (Å²) in [5.74, 6) is -0.288. The highest BCUT2D eigenvalue weighted by Crippen LogP contribution is 2.29. The Kier molecular flexibility index (Phi) is 4.62. The van der Waals surface area contributed by atoms with Gasteiger partial charge in [0.1, 0.15) is 5.75 Å². The minimum Gasteiger partial charge on any atom is -0.494 e. The minimum absolute atomic E-state index is 0.0605. The largest absolute Gasteiger partial charge is 0.494 e. The van der Waals surface area contributed by atoms with Crippen LogP contribution in [0.5, 0.6) is 5.75 Å². The lowest BCUT2D eigenvalue weighted by Crippen LogP contribution is -2.24. The molecule has 0 atom stereocenters. The molecular formula is C16H18O5. The summed E-state index contributed by atoms with van der Waals surface area (Å²) in [5.41, 5.74) is 0.590. The number of carbonyl (C=O) groups is 2. The lowest BCUT2D eigenvalue weighted by molar-refractivity contribution is 0.0829. The number of hydrogen-bond donors (Lipinski definition) is 0. The number of rotatable bonds is 6. The van der Waals surface area contributed by atoms with Crippen LogP contribution in [0.3, 0.4) is 0 Å². The molecule has 0 unspecified atom stereocenters. The van der Waals surface area contributed by atoms with Gasteiger partial charge < -0.3 is 14.2 Å². The summed E-state index contributed by atoms with van der Waals surface area (Å²) in [4.78, 5) is 24.7. The van der Waals surface area contributed by atoms with Gasteiger partial charge in [-0.05, 0) is 24.6 Å². The van der Waals surface area contributed by atoms with E-state index in [4.69, 9.17) is 14.2 Å². The van der Waals surface area contributed by atoms with Crippen LogP contribution in [0.2, 0.25) is 0 Å². The molecule has 0 saturated carbocycles. The van der Waals surface area contributed by atoms with Gasteiger partial charge in [0.25, 0.3) is 0 Å². The summed E-state index contributed by atoms with van der Waals surface area (Å²) in [5, 5.41) is 0. The molecule has 112 valence electrons. The van der Waals surface area contributed by atoms with Gasteiger partial charge in [0.05, 0.1) is 20.8 Å². The number of ketones is 2. The zero-order chi connectivity index (χ0) is 15.4. The Morgan fingerprint density at radius 2 is 1.57 bits per heavy atom. The topological polar surface area (TPSA) is 61.8 Å². The van der Waals surface area contributed by atoms with Gasteiger partial charge in [0.2, 0.25) is 23.1 Å². The molecule has 0 spiro atoms. The summed E-state index contributed by atoms with van der Waals surface area (Å²) in [6, 6.07) is 4.85. The molecule has 0 radical (unpaired) electrons. The molecular weight excluding hydrogens is 272 g/mol. The maximum Gasteiger partial charge on any atom is 0.232 e. The highest BCUT2D eigenvalue weighted by atomic mass is 16.5. The molecule has 0 aliphatic heterocycles. The Balaban J connectivity index is 2.37. The van der Waals surface area contributed by atoms with Crippen LogP contribution in [0.15, 0.2) is 29.7 Å². The fraction of sp³-hybridized carbons (Fsp3) is 0.375. The number of ether oxygens (including phenoxy) is 3. The van der Waals surface area contributed by atoms with E-state index in [-0.39, 0.29) is 28.6 Å². The van der Waals surface area contributed by atoms with Crippen LogP contribution in [0.1, 0.15) is 40.5 Å². The molecule has 0 N–H and O–H groups in total. The molecule has 0 aromatic heterocycles. The van der Waals surface area contributed by atoms with E-state index < -0.39 is 0 Å². The fourth-order valence-electron chi connectivity index (χ4n) is 2.16. The average Bonchev–Trinajstić information content (AvgIpc) is 2.50. The SMILES string of the molecule is CCCCOc1ccc2c(c1)C(=O)C(OC)=C(OC)C2=O. The highest BCUT2D eigenvalue weighted by Gasteiger charge is 2.34. The molecule has 0 saturated heterocycles. The summed E-state index contributed by atoms with van der Waals surface area (Å²) in [6.45, 7) is 2.65. The van der Waals surface area contributed by atoms with Crippen molar-refractivity contribution in [2.75, 3.05) is 20.8 Å². The van der Waals surface area contributed by atoms with Gasteiger partial charge in [-0.3, -0.25) is 9.59 Å². The number of Topliss-reactive ketones (excluding diaryl/α,β-unsaturated/α-hetero) is 2. The van der Waals surface area contributed by atoms with Gasteiger partial charge in [-0.2, -0.15) is 0 Å². The number of carbonyl (C=O) groups excluding carboxylic acids is 2. The van der Waals surface area contributed by atoms with Crippen molar-refractivity contribution in [3.8, 4) is 5.75 Å². The average molecular weight is 290 g/mol. The van der Waals surface area contributed by atoms with E-state index in [0.29, 0.717) is 17.9 Å². The van der Waals surface area contributed by atoms with E-state index >= 15 is 0 Å². The van der Waals surface area contributed by atoms with Crippen molar-refractivity contribution in [1.29, 1.82) is 0 Å². The van der Waals surface area contributed by atoms with E-state index in [1.165, 1.54) is 14.2 Å². The monoisotopic (exact) mass is 290 g/mol. The number of benzene rings is 1. The van der Waals surface area contributed by atoms with Gasteiger partial charge in [-0.25, -0.2) is 0 Å². The number of allylic oxidation sites excluding steroid dienone is 2. The van der Waals surface area contributed by atoms with E-state index in [1.54, 1.807) is 18.2 Å². The Labute approximate surface area is 123 Å². The summed E-state index contributed by atoms with van der Waals surface area (Å²) < 4.78 is 15.6. The Bertz CT molecular complexity index is 601. The number of unbranched alkanes of at least 4 members (excludes halogenated alkanes) is 1. The second kappa shape index (κ2) is 6.43. The number of fused-ring (bicyclic) bond motifs is 1. The van der Waals surface area contributed by atoms with Gasteiger partial charge >= 0.3 is 0 Å². The zero-order valence-electron chi connectivity index (χ0n) is 12.4. The Morgan fingerprint density at radius 3 is 2.14 bits per heavy atom. The van der Waals surface area contributed by atoms with Gasteiger partial charge in [0.15, 0.2) is 0 Å². The smallest absolute Gasteiger partial charge is 0.232 e. The van der Waals surface area contributed by atoms with E-state index in [9.17, 15) is 9.59 Å². The van der Waals surface area contributed by atoms with E-state index in [0.717, 1.165) is 12.8 Å². The summed E-state index contributed by atoms with van der Waals surface area (Å²) >= 11 is 0. The Hall–Kier alpha value is -2.30. The van der Waals surface area contributed by atoms with Crippen LogP contribution in [-0.2, 0) is 9.47 Å². The van der Waals surface area contributed by atoms with Gasteiger partial charge in [0, 0.05) is 11.1 Å². The van der Waals surface area contributed by atoms with Crippen LogP contribution in [0.25, 0.3) is 0 Å². The first-order valence-electron chi connectivity index (χ1n) is 6.82. The molecule has 2 rings (SSSR count). The molecule has 1 aliphatic carbocycles. The number of hydrogen-bond acceptors (Lipinski definition) is 5. The molecule has 1 aliphatic rings. The van der Waals surface area contributed by atoms with Gasteiger partial charge in [-0.1, -0.05) is 13.3 Å². The van der Waals surface area contributed by atoms with Gasteiger partial charge in [-0.15, -0.1) is 0 Å². The standard InChI is InChI=1S/C16H18O5/c1-4-5-8-21-10-6-7-11-12(9-10)14(18)16(20-3)15(19-2)13(11)17/h6-7,9H,4-5,8H2,1-3H3. The first-order valence-corrected chi connectivity index (χ1v) is 6.82. The minimum atomic E-state index is -0.370. The summed E-state index contributed by atoms with van der Waals surface area (Å²) in [6.07, 6.45) is 1.96. The van der Waals surface area contributed by atoms with Crippen LogP contribution in [0, 0.1) is 0 Å². The maximum atomic E-state index is 12.4. The maximum absolute atomic E-state index is 12.4. The van der Waals surface area contributed by atoms with Crippen LogP contribution < -0.4 is 4.74 Å². The second-order valence-electron chi connectivity index (χ2n) is 4.63. The molecule has 0 amide bonds. The quantitative estimate of drug-likeness (QED) is 0.754. The molecule has 21 heavy (non-hydrogen) atoms. The predicted molar refractivity (Wildman–Crippen MR) is 76.6 cm³/mol. The first kappa shape index (κ1) is 15.1. The third kappa shape index (κ3) is 2.77. The molecule has 1 aromatic carbocycles. The zero-order valence-corrected chi connectivity index (χ0v) is 12.4. The summed E-state index contributed by atoms with van der Waals surface area (Å²) in [7, 11) is 2.68. The first-order chi connectivity index (χ1) is 10.1. The van der Waals surface area contributed by atoms with Crippen molar-refractivity contribution in [3.05, 3.63) is 40.8 Å². The highest BCUT2D eigenvalue weighted by molar-refractivity contribution is 6.25. The fourth-order valence-corrected chi connectivity index (χ4v) is 2.16. The predicted octanol–water partition coefficient (Wildman–Crippen LogP) is 2.75. The van der Waals surface area contributed by atoms with Crippen molar-refractivity contribution in [2.24, 2.45) is 0 Å². The van der Waals surface area contributed by atoms with Crippen LogP contribution in [0.4, 0.5) is 0 Å². The third-order valence-corrected chi connectivity index (χ3v) is 3.27. The second-order valence-corrected chi connectivity index (χ2v) is 4.63. The molecule has 0 bridgehead atoms. The van der Waals surface area contributed by atoms with Crippen LogP contribution >= 0.6 is 0 Å². The van der Waals surface area contributed by atoms with Crippen molar-refractivity contribution in [3.63, 3.8) is 0 Å². The molecule has 5 nitrogen and oxygen atoms in total. The molecule has 0 fully saturated rings. The van der Waals surface area contributed by atoms with Crippen molar-refractivity contribution >= 4 is 11.6 Å². The molecule has 0 heterocycles. The third-order valence-electron chi connectivity index (χ3n) is 3.27. The van der Waals surface area contributed by atoms with Crippen molar-refractivity contribution < 1.29 is 23.8 Å². The van der Waals surface area contributed by atoms with Crippen LogP contribution in [-0.4, -0.2) is 32.4 Å². The van der Waals surface area contributed by atoms with Crippen molar-refractivity contribution in [2.45, 2.75) is 19.8 Å². The van der Waals surface area contributed by atoms with E-state index in [2.05, 4.69) is 6.92 Å².